The monoisotopic (exact) mass is 360 g/mol. The van der Waals surface area contributed by atoms with Crippen LogP contribution in [0, 0.1) is 6.92 Å². The number of carboxylic acid groups (broad SMARTS) is 1. The first kappa shape index (κ1) is 21.4. The second kappa shape index (κ2) is 9.70. The Morgan fingerprint density at radius 2 is 1.88 bits per heavy atom. The Kier molecular flexibility index (Phi) is 8.63. The largest absolute Gasteiger partial charge is 1.00 e. The minimum absolute atomic E-state index is 0. The smallest absolute Gasteiger partial charge is 1.00 e. The van der Waals surface area contributed by atoms with Crippen LogP contribution in [0.2, 0.25) is 0 Å². The van der Waals surface area contributed by atoms with E-state index in [0.29, 0.717) is 10.2 Å². The van der Waals surface area contributed by atoms with E-state index < -0.39 is 5.97 Å². The molecule has 0 atom stereocenters. The van der Waals surface area contributed by atoms with Gasteiger partial charge in [0.15, 0.2) is 0 Å². The van der Waals surface area contributed by atoms with Crippen molar-refractivity contribution in [2.24, 2.45) is 7.05 Å². The van der Waals surface area contributed by atoms with Crippen LogP contribution < -0.4 is 35.1 Å². The summed E-state index contributed by atoms with van der Waals surface area (Å²) in [6.07, 6.45) is 8.30. The Labute approximate surface area is 169 Å². The van der Waals surface area contributed by atoms with Crippen LogP contribution in [0.4, 0.5) is 0 Å². The molecule has 2 rings (SSSR count). The molecule has 2 heterocycles. The minimum atomic E-state index is -1.17. The second-order valence-corrected chi connectivity index (χ2v) is 7.04. The Morgan fingerprint density at radius 3 is 2.50 bits per heavy atom. The van der Waals surface area contributed by atoms with Crippen LogP contribution in [0.25, 0.3) is 10.2 Å². The average molecular weight is 360 g/mol. The van der Waals surface area contributed by atoms with E-state index in [1.807, 2.05) is 6.92 Å². The van der Waals surface area contributed by atoms with Crippen molar-refractivity contribution < 1.29 is 40.9 Å². The molecule has 2 aromatic rings. The number of aromatic carboxylic acids is 1. The number of hydrogen-bond donors (Lipinski definition) is 1. The molecule has 0 aliphatic carbocycles. The molecule has 0 saturated heterocycles. The van der Waals surface area contributed by atoms with Crippen molar-refractivity contribution in [1.82, 2.24) is 9.55 Å². The van der Waals surface area contributed by atoms with E-state index in [0.717, 1.165) is 27.8 Å². The fourth-order valence-electron chi connectivity index (χ4n) is 2.81. The van der Waals surface area contributed by atoms with Gasteiger partial charge in [0.25, 0.3) is 5.56 Å². The van der Waals surface area contributed by atoms with Crippen molar-refractivity contribution in [2.45, 2.75) is 58.8 Å². The zero-order valence-electron chi connectivity index (χ0n) is 16.0. The molecule has 0 spiro atoms. The zero-order chi connectivity index (χ0) is 17.0. The summed E-state index contributed by atoms with van der Waals surface area (Å²) in [7, 11) is 1.46. The maximum absolute atomic E-state index is 12.4. The third kappa shape index (κ3) is 4.69. The van der Waals surface area contributed by atoms with Crippen LogP contribution in [0.5, 0.6) is 0 Å². The molecule has 24 heavy (non-hydrogen) atoms. The summed E-state index contributed by atoms with van der Waals surface area (Å²) in [5.74, 6) is -1.37. The Bertz CT molecular complexity index is 773. The van der Waals surface area contributed by atoms with Gasteiger partial charge in [-0.05, 0) is 25.3 Å². The Balaban J connectivity index is 0.00000288. The van der Waals surface area contributed by atoms with Gasteiger partial charge in [-0.25, -0.2) is 9.78 Å². The molecule has 0 amide bonds. The predicted molar refractivity (Wildman–Crippen MR) is 94.7 cm³/mol. The molecule has 0 radical (unpaired) electrons. The summed E-state index contributed by atoms with van der Waals surface area (Å²) < 4.78 is 1.12. The number of unbranched alkanes of at least 4 members (excludes halogenated alkanes) is 5. The van der Waals surface area contributed by atoms with Crippen LogP contribution in [0.1, 0.15) is 67.9 Å². The van der Waals surface area contributed by atoms with Crippen LogP contribution >= 0.6 is 11.3 Å². The van der Waals surface area contributed by atoms with Gasteiger partial charge >= 0.3 is 35.5 Å². The van der Waals surface area contributed by atoms with E-state index in [1.54, 1.807) is 0 Å². The molecule has 0 saturated carbocycles. The van der Waals surface area contributed by atoms with E-state index >= 15 is 0 Å². The van der Waals surface area contributed by atoms with Gasteiger partial charge in [-0.1, -0.05) is 39.0 Å². The SMILES string of the molecule is CCCCCCCCc1sc2nc(C(=O)O)n(C)c(=O)c2c1C.[H-].[Na+]. The van der Waals surface area contributed by atoms with Gasteiger partial charge in [-0.3, -0.25) is 9.36 Å². The number of nitrogens with zero attached hydrogens (tertiary/aromatic N) is 2. The fraction of sp³-hybridized carbons (Fsp3) is 0.588. The quantitative estimate of drug-likeness (QED) is 0.564. The summed E-state index contributed by atoms with van der Waals surface area (Å²) in [5, 5.41) is 9.72. The van der Waals surface area contributed by atoms with Crippen molar-refractivity contribution in [1.29, 1.82) is 0 Å². The van der Waals surface area contributed by atoms with E-state index in [1.165, 1.54) is 50.5 Å². The van der Waals surface area contributed by atoms with Gasteiger partial charge in [0, 0.05) is 11.9 Å². The molecule has 0 fully saturated rings. The molecular formula is C17H25N2NaO3S. The molecule has 0 unspecified atom stereocenters. The molecule has 0 aliphatic rings. The number of aryl methyl sites for hydroxylation is 2. The Morgan fingerprint density at radius 1 is 1.25 bits per heavy atom. The first-order chi connectivity index (χ1) is 11.0. The maximum Gasteiger partial charge on any atom is 1.00 e. The van der Waals surface area contributed by atoms with Crippen LogP contribution in [-0.4, -0.2) is 20.6 Å². The summed E-state index contributed by atoms with van der Waals surface area (Å²) in [5.41, 5.74) is 0.693. The molecule has 0 aromatic carbocycles. The standard InChI is InChI=1S/C17H24N2O3S.Na.H/c1-4-5-6-7-8-9-10-12-11(2)13-15(23-12)18-14(17(21)22)19(3)16(13)20;;/h4-10H2,1-3H3,(H,21,22);;/q;+1;-1. The molecule has 0 aliphatic heterocycles. The average Bonchev–Trinajstić information content (AvgIpc) is 2.82. The molecule has 5 nitrogen and oxygen atoms in total. The van der Waals surface area contributed by atoms with Gasteiger partial charge in [-0.15, -0.1) is 11.3 Å². The van der Waals surface area contributed by atoms with Crippen molar-refractivity contribution in [3.63, 3.8) is 0 Å². The van der Waals surface area contributed by atoms with E-state index in [2.05, 4.69) is 11.9 Å². The summed E-state index contributed by atoms with van der Waals surface area (Å²) in [6, 6.07) is 0. The minimum Gasteiger partial charge on any atom is -1.00 e. The molecule has 1 N–H and O–H groups in total. The first-order valence-corrected chi connectivity index (χ1v) is 9.01. The molecule has 7 heteroatoms. The summed E-state index contributed by atoms with van der Waals surface area (Å²) in [4.78, 5) is 29.5. The molecule has 2 aromatic heterocycles. The van der Waals surface area contributed by atoms with Crippen LogP contribution in [0.3, 0.4) is 0 Å². The molecule has 128 valence electrons. The predicted octanol–water partition coefficient (Wildman–Crippen LogP) is 1.02. The van der Waals surface area contributed by atoms with Gasteiger partial charge in [-0.2, -0.15) is 0 Å². The summed E-state index contributed by atoms with van der Waals surface area (Å²) >= 11 is 1.46. The first-order valence-electron chi connectivity index (χ1n) is 8.19. The third-order valence-electron chi connectivity index (χ3n) is 4.22. The number of hydrogen-bond acceptors (Lipinski definition) is 4. The molecular weight excluding hydrogens is 335 g/mol. The normalized spacial score (nSPS) is 10.8. The van der Waals surface area contributed by atoms with Crippen molar-refractivity contribution >= 4 is 27.5 Å². The summed E-state index contributed by atoms with van der Waals surface area (Å²) in [6.45, 7) is 4.15. The number of carboxylic acids is 1. The maximum atomic E-state index is 12.4. The molecule has 0 bridgehead atoms. The number of aromatic nitrogens is 2. The van der Waals surface area contributed by atoms with Crippen molar-refractivity contribution in [2.75, 3.05) is 0 Å². The van der Waals surface area contributed by atoms with Crippen molar-refractivity contribution in [3.05, 3.63) is 26.6 Å². The Hall–Kier alpha value is -0.690. The van der Waals surface area contributed by atoms with Crippen molar-refractivity contribution in [3.8, 4) is 0 Å². The number of fused-ring (bicyclic) bond motifs is 1. The van der Waals surface area contributed by atoms with E-state index in [9.17, 15) is 9.59 Å². The number of carbonyl (C=O) groups is 1. The topological polar surface area (TPSA) is 72.2 Å². The van der Waals surface area contributed by atoms with Gasteiger partial charge in [0.05, 0.1) is 5.39 Å². The van der Waals surface area contributed by atoms with E-state index in [4.69, 9.17) is 5.11 Å². The van der Waals surface area contributed by atoms with Gasteiger partial charge in [0.2, 0.25) is 5.82 Å². The van der Waals surface area contributed by atoms with Crippen LogP contribution in [-0.2, 0) is 13.5 Å². The van der Waals surface area contributed by atoms with Gasteiger partial charge < -0.3 is 6.53 Å². The number of thiophene rings is 1. The second-order valence-electron chi connectivity index (χ2n) is 5.95. The zero-order valence-corrected chi connectivity index (χ0v) is 17.8. The van der Waals surface area contributed by atoms with E-state index in [-0.39, 0.29) is 42.4 Å². The fourth-order valence-corrected chi connectivity index (χ4v) is 4.01. The van der Waals surface area contributed by atoms with Gasteiger partial charge in [0.1, 0.15) is 4.83 Å². The van der Waals surface area contributed by atoms with Crippen LogP contribution in [0.15, 0.2) is 4.79 Å². The number of rotatable bonds is 8. The third-order valence-corrected chi connectivity index (χ3v) is 5.46.